The molecule has 1 N–H and O–H groups in total. The van der Waals surface area contributed by atoms with E-state index in [1.165, 1.54) is 57.8 Å². The highest BCUT2D eigenvalue weighted by atomic mass is 19.3. The number of methoxy groups -OCH3 is 1. The van der Waals surface area contributed by atoms with Gasteiger partial charge in [-0.25, -0.2) is 0 Å². The molecule has 28 heavy (non-hydrogen) atoms. The molecule has 1 aromatic carbocycles. The van der Waals surface area contributed by atoms with Crippen LogP contribution in [0.5, 0.6) is 11.5 Å². The maximum absolute atomic E-state index is 12.4. The molecule has 4 bridgehead atoms. The molecule has 5 rings (SSSR count). The Bertz CT molecular complexity index is 727. The summed E-state index contributed by atoms with van der Waals surface area (Å²) in [5.41, 5.74) is 0.985. The highest BCUT2D eigenvalue weighted by Crippen LogP contribution is 2.59. The number of alkyl halides is 2. The smallest absolute Gasteiger partial charge is 0.387 e. The second-order valence-electron chi connectivity index (χ2n) is 8.76. The predicted molar refractivity (Wildman–Crippen MR) is 102 cm³/mol. The van der Waals surface area contributed by atoms with E-state index in [2.05, 4.69) is 10.1 Å². The number of nitrogens with one attached hydrogen (secondary N) is 1. The van der Waals surface area contributed by atoms with E-state index in [9.17, 15) is 13.6 Å². The van der Waals surface area contributed by atoms with E-state index in [1.54, 1.807) is 18.2 Å². The van der Waals surface area contributed by atoms with E-state index in [0.29, 0.717) is 11.0 Å². The van der Waals surface area contributed by atoms with Gasteiger partial charge >= 0.3 is 6.61 Å². The fourth-order valence-electron chi connectivity index (χ4n) is 5.99. The van der Waals surface area contributed by atoms with Crippen LogP contribution in [-0.2, 0) is 4.79 Å². The van der Waals surface area contributed by atoms with Crippen LogP contribution in [0.15, 0.2) is 24.3 Å². The zero-order valence-corrected chi connectivity index (χ0v) is 16.1. The summed E-state index contributed by atoms with van der Waals surface area (Å²) in [5.74, 6) is 2.64. The summed E-state index contributed by atoms with van der Waals surface area (Å²) >= 11 is 0. The Kier molecular flexibility index (Phi) is 5.30. The molecule has 1 amide bonds. The topological polar surface area (TPSA) is 47.6 Å². The first-order valence-electron chi connectivity index (χ1n) is 10.0. The van der Waals surface area contributed by atoms with E-state index in [-0.39, 0.29) is 17.4 Å². The third-order valence-corrected chi connectivity index (χ3v) is 6.63. The van der Waals surface area contributed by atoms with Crippen molar-refractivity contribution in [1.82, 2.24) is 5.32 Å². The van der Waals surface area contributed by atoms with Crippen LogP contribution in [0, 0.1) is 23.2 Å². The Hall–Kier alpha value is -2.11. The normalized spacial score (nSPS) is 30.8. The van der Waals surface area contributed by atoms with Crippen molar-refractivity contribution < 1.29 is 23.0 Å². The van der Waals surface area contributed by atoms with Crippen molar-refractivity contribution in [2.45, 2.75) is 45.1 Å². The van der Waals surface area contributed by atoms with Gasteiger partial charge in [-0.2, -0.15) is 8.78 Å². The summed E-state index contributed by atoms with van der Waals surface area (Å²) in [5, 5.41) is 3.10. The van der Waals surface area contributed by atoms with Gasteiger partial charge in [-0.3, -0.25) is 4.79 Å². The first-order valence-corrected chi connectivity index (χ1v) is 10.0. The van der Waals surface area contributed by atoms with Crippen molar-refractivity contribution in [1.29, 1.82) is 0 Å². The quantitative estimate of drug-likeness (QED) is 0.689. The van der Waals surface area contributed by atoms with Crippen molar-refractivity contribution in [2.75, 3.05) is 13.7 Å². The van der Waals surface area contributed by atoms with Crippen molar-refractivity contribution in [3.05, 3.63) is 29.8 Å². The minimum absolute atomic E-state index is 0.0269. The molecule has 0 heterocycles. The molecule has 0 unspecified atom stereocenters. The third kappa shape index (κ3) is 4.15. The van der Waals surface area contributed by atoms with Crippen LogP contribution < -0.4 is 14.8 Å². The van der Waals surface area contributed by atoms with E-state index in [4.69, 9.17) is 4.74 Å². The average molecular weight is 391 g/mol. The van der Waals surface area contributed by atoms with Gasteiger partial charge in [0, 0.05) is 12.6 Å². The Balaban J connectivity index is 1.34. The van der Waals surface area contributed by atoms with Crippen LogP contribution in [0.2, 0.25) is 0 Å². The second kappa shape index (κ2) is 7.72. The maximum atomic E-state index is 12.4. The Morgan fingerprint density at radius 3 is 2.39 bits per heavy atom. The fourth-order valence-corrected chi connectivity index (χ4v) is 5.99. The minimum atomic E-state index is -2.91. The van der Waals surface area contributed by atoms with Gasteiger partial charge < -0.3 is 14.8 Å². The number of carbonyl (C=O) groups excluding carboxylic acids is 1. The maximum Gasteiger partial charge on any atom is 0.387 e. The summed E-state index contributed by atoms with van der Waals surface area (Å²) in [7, 11) is 1.39. The standard InChI is InChI=1S/C22H27F2NO3/c1-27-19-9-14(2-4-18(19)28-21(23)24)3-5-20(26)25-13-22-10-15-6-16(11-22)8-17(7-15)12-22/h2-5,9,15-17,21H,6-8,10-13H2,1H3,(H,25,26)/b5-3+. The zero-order chi connectivity index (χ0) is 19.7. The molecule has 4 nitrogen and oxygen atoms in total. The van der Waals surface area contributed by atoms with Crippen LogP contribution in [0.4, 0.5) is 8.78 Å². The Morgan fingerprint density at radius 2 is 1.82 bits per heavy atom. The molecular weight excluding hydrogens is 364 g/mol. The number of hydrogen-bond acceptors (Lipinski definition) is 3. The number of hydrogen-bond donors (Lipinski definition) is 1. The van der Waals surface area contributed by atoms with Gasteiger partial charge in [0.05, 0.1) is 7.11 Å². The first kappa shape index (κ1) is 19.2. The van der Waals surface area contributed by atoms with Gasteiger partial charge in [-0.05, 0) is 85.5 Å². The summed E-state index contributed by atoms with van der Waals surface area (Å²) in [6, 6.07) is 4.60. The van der Waals surface area contributed by atoms with Crippen LogP contribution in [0.25, 0.3) is 6.08 Å². The highest BCUT2D eigenvalue weighted by molar-refractivity contribution is 5.91. The monoisotopic (exact) mass is 391 g/mol. The molecule has 0 aromatic heterocycles. The molecule has 0 saturated heterocycles. The van der Waals surface area contributed by atoms with Crippen LogP contribution in [-0.4, -0.2) is 26.2 Å². The number of benzene rings is 1. The number of carbonyl (C=O) groups is 1. The molecule has 4 aliphatic carbocycles. The molecule has 4 saturated carbocycles. The van der Waals surface area contributed by atoms with Crippen molar-refractivity contribution in [3.63, 3.8) is 0 Å². The number of halogens is 2. The summed E-state index contributed by atoms with van der Waals surface area (Å²) < 4.78 is 34.3. The summed E-state index contributed by atoms with van der Waals surface area (Å²) in [4.78, 5) is 12.3. The van der Waals surface area contributed by atoms with Crippen LogP contribution >= 0.6 is 0 Å². The van der Waals surface area contributed by atoms with Gasteiger partial charge in [0.2, 0.25) is 5.91 Å². The first-order chi connectivity index (χ1) is 13.4. The lowest BCUT2D eigenvalue weighted by atomic mass is 9.49. The zero-order valence-electron chi connectivity index (χ0n) is 16.1. The molecule has 0 radical (unpaired) electrons. The molecule has 0 aliphatic heterocycles. The number of ether oxygens (including phenoxy) is 2. The van der Waals surface area contributed by atoms with Gasteiger partial charge in [-0.15, -0.1) is 0 Å². The van der Waals surface area contributed by atoms with Gasteiger partial charge in [0.15, 0.2) is 11.5 Å². The molecule has 6 heteroatoms. The molecular formula is C22H27F2NO3. The SMILES string of the molecule is COc1cc(/C=C/C(=O)NCC23CC4CC(CC(C4)C2)C3)ccc1OC(F)F. The van der Waals surface area contributed by atoms with E-state index >= 15 is 0 Å². The fraction of sp³-hybridized carbons (Fsp3) is 0.591. The summed E-state index contributed by atoms with van der Waals surface area (Å²) in [6.07, 6.45) is 11.1. The number of amides is 1. The Morgan fingerprint density at radius 1 is 1.18 bits per heavy atom. The molecule has 1 aromatic rings. The van der Waals surface area contributed by atoms with Gasteiger partial charge in [-0.1, -0.05) is 6.07 Å². The summed E-state index contributed by atoms with van der Waals surface area (Å²) in [6.45, 7) is -2.16. The second-order valence-corrected chi connectivity index (χ2v) is 8.76. The number of rotatable bonds is 7. The lowest BCUT2D eigenvalue weighted by molar-refractivity contribution is -0.118. The molecule has 4 aliphatic rings. The molecule has 0 spiro atoms. The van der Waals surface area contributed by atoms with E-state index in [0.717, 1.165) is 24.3 Å². The minimum Gasteiger partial charge on any atom is -0.493 e. The van der Waals surface area contributed by atoms with Crippen molar-refractivity contribution >= 4 is 12.0 Å². The van der Waals surface area contributed by atoms with Crippen LogP contribution in [0.3, 0.4) is 0 Å². The van der Waals surface area contributed by atoms with E-state index < -0.39 is 6.61 Å². The lowest BCUT2D eigenvalue weighted by Gasteiger charge is -2.56. The van der Waals surface area contributed by atoms with E-state index in [1.807, 2.05) is 0 Å². The van der Waals surface area contributed by atoms with Crippen LogP contribution in [0.1, 0.15) is 44.1 Å². The predicted octanol–water partition coefficient (Wildman–Crippen LogP) is 4.64. The largest absolute Gasteiger partial charge is 0.493 e. The van der Waals surface area contributed by atoms with Gasteiger partial charge in [0.25, 0.3) is 0 Å². The average Bonchev–Trinajstić information content (AvgIpc) is 2.64. The lowest BCUT2D eigenvalue weighted by Crippen LogP contribution is -2.51. The highest BCUT2D eigenvalue weighted by Gasteiger charge is 2.50. The molecule has 4 fully saturated rings. The Labute approximate surface area is 164 Å². The third-order valence-electron chi connectivity index (χ3n) is 6.63. The van der Waals surface area contributed by atoms with Crippen molar-refractivity contribution in [3.8, 4) is 11.5 Å². The molecule has 152 valence electrons. The van der Waals surface area contributed by atoms with Crippen molar-refractivity contribution in [2.24, 2.45) is 23.2 Å². The van der Waals surface area contributed by atoms with Gasteiger partial charge in [0.1, 0.15) is 0 Å². The molecule has 0 atom stereocenters.